The maximum absolute atomic E-state index is 7.29. The number of pyridine rings is 5. The summed E-state index contributed by atoms with van der Waals surface area (Å²) in [6.45, 7) is 70.7. The predicted octanol–water partition coefficient (Wildman–Crippen LogP) is 25.1. The Morgan fingerprint density at radius 3 is 0.904 bits per heavy atom. The van der Waals surface area contributed by atoms with Crippen molar-refractivity contribution >= 4 is 82.3 Å². The summed E-state index contributed by atoms with van der Waals surface area (Å²) in [5.74, 6) is 0. The third-order valence-electron chi connectivity index (χ3n) is 22.9. The summed E-state index contributed by atoms with van der Waals surface area (Å²) in [5, 5.41) is 11.6. The van der Waals surface area contributed by atoms with E-state index in [4.69, 9.17) is 32.9 Å². The van der Waals surface area contributed by atoms with Crippen molar-refractivity contribution < 1.29 is 22.8 Å². The minimum absolute atomic E-state index is 0.687. The first-order valence-corrected chi connectivity index (χ1v) is 39.1. The van der Waals surface area contributed by atoms with Crippen molar-refractivity contribution in [1.82, 2.24) is 0 Å². The van der Waals surface area contributed by atoms with Gasteiger partial charge in [-0.1, -0.05) is 147 Å². The number of rotatable bonds is 8. The van der Waals surface area contributed by atoms with Crippen molar-refractivity contribution in [3.8, 4) is 56.3 Å². The number of hydrogen-bond acceptors (Lipinski definition) is 0. The zero-order valence-electron chi connectivity index (χ0n) is 70.2. The zero-order valence-corrected chi connectivity index (χ0v) is 70.2. The van der Waals surface area contributed by atoms with Gasteiger partial charge >= 0.3 is 0 Å². The molecule has 15 aromatic rings. The summed E-state index contributed by atoms with van der Waals surface area (Å²) in [4.78, 5) is 17.8. The van der Waals surface area contributed by atoms with Crippen LogP contribution in [0, 0.1) is 123 Å². The lowest BCUT2D eigenvalue weighted by Crippen LogP contribution is -2.35. The molecule has 114 heavy (non-hydrogen) atoms. The van der Waals surface area contributed by atoms with Crippen molar-refractivity contribution in [2.24, 2.45) is 35.2 Å². The highest BCUT2D eigenvalue weighted by Crippen LogP contribution is 2.39. The molecule has 0 radical (unpaired) electrons. The molecule has 0 fully saturated rings. The maximum Gasteiger partial charge on any atom is 0.220 e. The summed E-state index contributed by atoms with van der Waals surface area (Å²) in [5.41, 5.74) is 36.3. The summed E-state index contributed by atoms with van der Waals surface area (Å²) >= 11 is 0. The Hall–Kier alpha value is -13.3. The third kappa shape index (κ3) is 16.8. The highest BCUT2D eigenvalue weighted by atomic mass is 15.0. The summed E-state index contributed by atoms with van der Waals surface area (Å²) in [6, 6.07) is 71.5. The van der Waals surface area contributed by atoms with Crippen LogP contribution in [0.5, 0.6) is 0 Å². The fourth-order valence-corrected chi connectivity index (χ4v) is 15.7. The topological polar surface area (TPSA) is 41.2 Å². The molecule has 10 nitrogen and oxygen atoms in total. The van der Waals surface area contributed by atoms with Crippen LogP contribution in [0.15, 0.2) is 206 Å². The van der Waals surface area contributed by atoms with E-state index in [0.717, 1.165) is 46.2 Å². The normalized spacial score (nSPS) is 10.7. The molecule has 564 valence electrons. The Bertz CT molecular complexity index is 6590. The minimum Gasteiger partial charge on any atom is -0.238 e. The monoisotopic (exact) mass is 1490 g/mol. The number of benzene rings is 10. The molecule has 10 heteroatoms. The van der Waals surface area contributed by atoms with Gasteiger partial charge in [-0.25, -0.2) is 24.2 Å². The summed E-state index contributed by atoms with van der Waals surface area (Å²) < 4.78 is 11.2. The van der Waals surface area contributed by atoms with Crippen LogP contribution in [0.3, 0.4) is 0 Å². The second kappa shape index (κ2) is 35.0. The van der Waals surface area contributed by atoms with Gasteiger partial charge in [0.2, 0.25) is 28.5 Å². The molecular weight excluding hydrogens is 1390 g/mol. The van der Waals surface area contributed by atoms with Crippen LogP contribution in [0.2, 0.25) is 0 Å². The average Bonchev–Trinajstić information content (AvgIpc) is 0.763. The van der Waals surface area contributed by atoms with E-state index < -0.39 is 0 Å². The van der Waals surface area contributed by atoms with E-state index in [1.807, 2.05) is 60.7 Å². The van der Waals surface area contributed by atoms with Crippen LogP contribution in [0.25, 0.3) is 134 Å². The van der Waals surface area contributed by atoms with E-state index in [1.54, 1.807) is 0 Å². The van der Waals surface area contributed by atoms with E-state index >= 15 is 0 Å². The molecule has 0 saturated heterocycles. The maximum atomic E-state index is 7.29. The second-order valence-corrected chi connectivity index (χ2v) is 30.4. The fraction of sp³-hybridized carbons (Fsp3) is 0.231. The molecule has 0 aliphatic heterocycles. The molecular formula is C104H103N10+5. The number of nitrogens with zero attached hydrogens (tertiary/aromatic N) is 10. The van der Waals surface area contributed by atoms with Gasteiger partial charge in [-0.05, 0) is 212 Å². The number of fused-ring (bicyclic) bond motifs is 5. The molecule has 0 N–H and O–H groups in total. The van der Waals surface area contributed by atoms with Crippen LogP contribution >= 0.6 is 0 Å². The first kappa shape index (κ1) is 81.7. The van der Waals surface area contributed by atoms with Gasteiger partial charge in [0.1, 0.15) is 35.2 Å². The largest absolute Gasteiger partial charge is 0.238 e. The van der Waals surface area contributed by atoms with Crippen LogP contribution < -0.4 is 22.8 Å². The summed E-state index contributed by atoms with van der Waals surface area (Å²) in [7, 11) is 10.6. The highest BCUT2D eigenvalue weighted by molar-refractivity contribution is 6.00. The van der Waals surface area contributed by atoms with Gasteiger partial charge in [-0.15, -0.1) is 0 Å². The van der Waals surface area contributed by atoms with E-state index in [0.29, 0.717) is 28.4 Å². The lowest BCUT2D eigenvalue weighted by Gasteiger charge is -2.14. The van der Waals surface area contributed by atoms with E-state index in [2.05, 4.69) is 339 Å². The van der Waals surface area contributed by atoms with Gasteiger partial charge in [-0.2, -0.15) is 22.8 Å². The molecule has 0 atom stereocenters. The number of aryl methyl sites for hydroxylation is 14. The van der Waals surface area contributed by atoms with Crippen molar-refractivity contribution in [3.05, 3.63) is 353 Å². The smallest absolute Gasteiger partial charge is 0.220 e. The standard InChI is InChI=1S/C23H25N2.2C21H21N2.C20H19N2.C19H17N2/c1-7-17-12-18(8-2)16(4)22(13-17)23-21-10-9-20(24-5)14-19(21)11-15(3)25(23)6;1-13-9-14(2)16(4)20(10-13)21-19-8-7-18(22-5)12-17(19)11-15(3)23(21)6;1-6-16-8-7-14(2)20(12-16)21-19-10-9-18(22-4)13-17(19)11-15(3)23(21)5;1-13-6-7-14(2)19(10-13)20-18-9-8-17(21-4)12-16(18)11-15(3)22(20)5;1-13-7-5-6-8-17(13)19-18-10-9-16(20-3)12-15(18)11-14(2)21(19)4/h9-14H,7-8H2,1-4,6H3;7-12H,1-4,6H3;7-13H,6H2,1-3,5H3;6-12H,1-3,5H3;5-12H,1-2,4H3/q5*+1. The van der Waals surface area contributed by atoms with Gasteiger partial charge in [0, 0.05) is 81.6 Å². The first-order valence-electron chi connectivity index (χ1n) is 39.1. The summed E-state index contributed by atoms with van der Waals surface area (Å²) in [6.07, 6.45) is 3.11. The Kier molecular flexibility index (Phi) is 25.0. The molecule has 10 aromatic carbocycles. The Labute approximate surface area is 675 Å². The SMILES string of the molecule is [C-]#[N+]c1ccc2c(-c3cc(C)cc(C)c3C)[n+](C)c(C)cc2c1.[C-]#[N+]c1ccc2c(-c3cc(C)ccc3C)[n+](C)c(C)cc2c1.[C-]#[N+]c1ccc2c(-c3cc(CC)cc(CC)c3C)[n+](C)c(C)cc2c1.[C-]#[N+]c1ccc2c(-c3cc(CC)ccc3C)[n+](C)c(C)cc2c1.[C-]#[N+]c1ccc2c(-c3ccccc3C)[n+](C)c(C)cc2c1. The van der Waals surface area contributed by atoms with E-state index in [9.17, 15) is 0 Å². The predicted molar refractivity (Wildman–Crippen MR) is 474 cm³/mol. The van der Waals surface area contributed by atoms with Crippen molar-refractivity contribution in [2.45, 2.75) is 130 Å². The van der Waals surface area contributed by atoms with E-state index in [1.165, 1.54) is 173 Å². The minimum atomic E-state index is 0.687. The van der Waals surface area contributed by atoms with Gasteiger partial charge in [0.15, 0.2) is 56.9 Å². The van der Waals surface area contributed by atoms with Crippen molar-refractivity contribution in [3.63, 3.8) is 0 Å². The zero-order chi connectivity index (χ0) is 82.3. The molecule has 0 aliphatic carbocycles. The van der Waals surface area contributed by atoms with Gasteiger partial charge in [-0.3, -0.25) is 0 Å². The molecule has 5 aromatic heterocycles. The average molecular weight is 1490 g/mol. The lowest BCUT2D eigenvalue weighted by molar-refractivity contribution is -0.665. The van der Waals surface area contributed by atoms with Gasteiger partial charge in [0.25, 0.3) is 0 Å². The Morgan fingerprint density at radius 1 is 0.246 bits per heavy atom. The highest BCUT2D eigenvalue weighted by Gasteiger charge is 2.27. The molecule has 0 amide bonds. The van der Waals surface area contributed by atoms with Crippen LogP contribution in [0.4, 0.5) is 28.4 Å². The van der Waals surface area contributed by atoms with Crippen LogP contribution in [0.1, 0.15) is 110 Å². The molecule has 15 rings (SSSR count). The van der Waals surface area contributed by atoms with Gasteiger partial charge in [0.05, 0.1) is 70.9 Å². The molecule has 5 heterocycles. The molecule has 0 spiro atoms. The Balaban J connectivity index is 0.000000141. The second-order valence-electron chi connectivity index (χ2n) is 30.4. The molecule has 0 aliphatic rings. The van der Waals surface area contributed by atoms with E-state index in [-0.39, 0.29) is 0 Å². The third-order valence-corrected chi connectivity index (χ3v) is 22.9. The lowest BCUT2D eigenvalue weighted by atomic mass is 9.91. The Morgan fingerprint density at radius 2 is 0.553 bits per heavy atom. The molecule has 0 saturated carbocycles. The van der Waals surface area contributed by atoms with Crippen molar-refractivity contribution in [1.29, 1.82) is 0 Å². The van der Waals surface area contributed by atoms with Gasteiger partial charge < -0.3 is 0 Å². The fourth-order valence-electron chi connectivity index (χ4n) is 15.7. The molecule has 0 bridgehead atoms. The molecule has 0 unspecified atom stereocenters. The van der Waals surface area contributed by atoms with Crippen molar-refractivity contribution in [2.75, 3.05) is 0 Å². The number of hydrogen-bond donors (Lipinski definition) is 0. The van der Waals surface area contributed by atoms with Crippen LogP contribution in [-0.2, 0) is 54.5 Å². The quantitative estimate of drug-likeness (QED) is 0.107. The van der Waals surface area contributed by atoms with Crippen LogP contribution in [-0.4, -0.2) is 0 Å². The number of aromatic nitrogens is 5. The first-order chi connectivity index (χ1) is 54.6.